The van der Waals surface area contributed by atoms with Crippen LogP contribution in [0.2, 0.25) is 0 Å². The van der Waals surface area contributed by atoms with Crippen molar-refractivity contribution in [2.45, 2.75) is 76.3 Å². The number of para-hydroxylation sites is 1. The van der Waals surface area contributed by atoms with Crippen molar-refractivity contribution in [2.24, 2.45) is 13.0 Å². The normalized spacial score (nSPS) is 23.3. The Morgan fingerprint density at radius 3 is 2.67 bits per heavy atom. The first-order valence-electron chi connectivity index (χ1n) is 15.3. The predicted octanol–water partition coefficient (Wildman–Crippen LogP) is 2.75. The number of aryl methyl sites for hydroxylation is 1. The standard InChI is InChI=1S/C32H36N8O5/c1-6-31(43,7-2)29(42)33-21-15-17-12-13-22-19(14-17)32(18-10-8-9-11-20(18)34-30(32)44-22)25-24(26-37-38-39-40(26)5)36-28(45-25)23(16(3)4)35-27(21)41/h8-14,16,21,23,30,34,43H,6-7,15H2,1-5H3,(H,33,42)(H,35,41)/t21-,23-,30-,32?/m0/s1. The van der Waals surface area contributed by atoms with Gasteiger partial charge in [0.2, 0.25) is 17.6 Å². The average molecular weight is 613 g/mol. The molecule has 1 spiro atoms. The summed E-state index contributed by atoms with van der Waals surface area (Å²) in [6, 6.07) is 12.1. The maximum absolute atomic E-state index is 14.0. The quantitative estimate of drug-likeness (QED) is 0.254. The van der Waals surface area contributed by atoms with Crippen LogP contribution < -0.4 is 20.7 Å². The number of hydrogen-bond donors (Lipinski definition) is 4. The van der Waals surface area contributed by atoms with Crippen molar-refractivity contribution >= 4 is 17.5 Å². The number of aromatic nitrogens is 5. The summed E-state index contributed by atoms with van der Waals surface area (Å²) in [6.07, 6.45) is 0.0321. The van der Waals surface area contributed by atoms with Crippen molar-refractivity contribution in [3.63, 3.8) is 0 Å². The molecule has 3 aliphatic rings. The zero-order valence-electron chi connectivity index (χ0n) is 25.8. The van der Waals surface area contributed by atoms with E-state index in [1.54, 1.807) is 20.9 Å². The fraction of sp³-hybridized carbons (Fsp3) is 0.438. The second-order valence-corrected chi connectivity index (χ2v) is 12.4. The molecule has 0 saturated carbocycles. The van der Waals surface area contributed by atoms with Gasteiger partial charge in [-0.3, -0.25) is 9.59 Å². The summed E-state index contributed by atoms with van der Waals surface area (Å²) in [5, 5.41) is 32.7. The second kappa shape index (κ2) is 10.4. The molecule has 0 radical (unpaired) electrons. The molecule has 13 heteroatoms. The number of nitrogens with one attached hydrogen (secondary N) is 3. The van der Waals surface area contributed by atoms with Crippen molar-refractivity contribution in [2.75, 3.05) is 5.32 Å². The number of fused-ring (bicyclic) bond motifs is 4. The Hall–Kier alpha value is -4.78. The van der Waals surface area contributed by atoms with Crippen LogP contribution in [-0.4, -0.2) is 60.0 Å². The number of benzene rings is 2. The summed E-state index contributed by atoms with van der Waals surface area (Å²) < 4.78 is 14.9. The summed E-state index contributed by atoms with van der Waals surface area (Å²) in [4.78, 5) is 32.3. The molecule has 3 aliphatic heterocycles. The lowest BCUT2D eigenvalue weighted by molar-refractivity contribution is -0.143. The maximum Gasteiger partial charge on any atom is 0.252 e. The van der Waals surface area contributed by atoms with Gasteiger partial charge in [0.05, 0.1) is 0 Å². The maximum atomic E-state index is 14.0. The molecule has 4 atom stereocenters. The van der Waals surface area contributed by atoms with E-state index in [1.165, 1.54) is 4.68 Å². The largest absolute Gasteiger partial charge is 0.469 e. The number of hydrogen-bond acceptors (Lipinski definition) is 10. The van der Waals surface area contributed by atoms with E-state index >= 15 is 0 Å². The minimum atomic E-state index is -1.60. The number of oxazole rings is 1. The number of anilines is 1. The molecule has 2 aromatic heterocycles. The van der Waals surface area contributed by atoms with E-state index < -0.39 is 41.1 Å². The van der Waals surface area contributed by atoms with Crippen molar-refractivity contribution in [3.05, 3.63) is 70.8 Å². The van der Waals surface area contributed by atoms with Gasteiger partial charge in [-0.05, 0) is 52.4 Å². The van der Waals surface area contributed by atoms with Crippen LogP contribution in [0.3, 0.4) is 0 Å². The van der Waals surface area contributed by atoms with Crippen molar-refractivity contribution in [1.82, 2.24) is 35.8 Å². The molecular formula is C32H36N8O5. The summed E-state index contributed by atoms with van der Waals surface area (Å²) in [5.41, 5.74) is 1.30. The van der Waals surface area contributed by atoms with Crippen LogP contribution in [0.4, 0.5) is 5.69 Å². The summed E-state index contributed by atoms with van der Waals surface area (Å²) >= 11 is 0. The number of tetrazole rings is 1. The molecule has 13 nitrogen and oxygen atoms in total. The van der Waals surface area contributed by atoms with E-state index in [1.807, 2.05) is 56.3 Å². The number of aliphatic hydroxyl groups is 1. The molecule has 45 heavy (non-hydrogen) atoms. The minimum absolute atomic E-state index is 0.149. The third kappa shape index (κ3) is 4.24. The van der Waals surface area contributed by atoms with Gasteiger partial charge in [-0.15, -0.1) is 5.10 Å². The molecule has 4 bridgehead atoms. The van der Waals surface area contributed by atoms with Crippen molar-refractivity contribution in [1.29, 1.82) is 0 Å². The second-order valence-electron chi connectivity index (χ2n) is 12.4. The van der Waals surface area contributed by atoms with Crippen LogP contribution in [0.5, 0.6) is 5.75 Å². The highest BCUT2D eigenvalue weighted by Gasteiger charge is 2.61. The summed E-state index contributed by atoms with van der Waals surface area (Å²) in [5.74, 6) is 0.660. The van der Waals surface area contributed by atoms with E-state index in [0.717, 1.165) is 22.4 Å². The Morgan fingerprint density at radius 2 is 1.96 bits per heavy atom. The minimum Gasteiger partial charge on any atom is -0.469 e. The monoisotopic (exact) mass is 612 g/mol. The molecule has 0 fully saturated rings. The van der Waals surface area contributed by atoms with Crippen LogP contribution in [-0.2, 0) is 28.5 Å². The first-order chi connectivity index (χ1) is 21.6. The number of nitrogens with zero attached hydrogens (tertiary/aromatic N) is 5. The van der Waals surface area contributed by atoms with Gasteiger partial charge in [-0.25, -0.2) is 9.67 Å². The smallest absolute Gasteiger partial charge is 0.252 e. The third-order valence-electron chi connectivity index (χ3n) is 9.46. The third-order valence-corrected chi connectivity index (χ3v) is 9.46. The molecule has 5 heterocycles. The SMILES string of the molecule is CCC(O)(CC)C(=O)N[C@H]1Cc2ccc3c(c2)C2(c4ccccc4N[C@H]2O3)c2oc(nc2-c2nnnn2C)[C@H](C(C)C)NC1=O. The topological polar surface area (TPSA) is 169 Å². The fourth-order valence-electron chi connectivity index (χ4n) is 6.75. The highest BCUT2D eigenvalue weighted by molar-refractivity contribution is 5.91. The van der Waals surface area contributed by atoms with Crippen LogP contribution in [0.15, 0.2) is 46.9 Å². The zero-order valence-corrected chi connectivity index (χ0v) is 25.8. The number of carbonyl (C=O) groups is 2. The molecule has 0 saturated heterocycles. The molecule has 0 aliphatic carbocycles. The molecular weight excluding hydrogens is 576 g/mol. The molecule has 234 valence electrons. The van der Waals surface area contributed by atoms with Gasteiger partial charge in [-0.1, -0.05) is 58.0 Å². The van der Waals surface area contributed by atoms with Gasteiger partial charge in [0.15, 0.2) is 17.7 Å². The summed E-state index contributed by atoms with van der Waals surface area (Å²) in [6.45, 7) is 7.40. The lowest BCUT2D eigenvalue weighted by Gasteiger charge is -2.30. The van der Waals surface area contributed by atoms with Crippen molar-refractivity contribution < 1.29 is 23.8 Å². The lowest BCUT2D eigenvalue weighted by atomic mass is 9.72. The Kier molecular flexibility index (Phi) is 6.69. The lowest BCUT2D eigenvalue weighted by Crippen LogP contribution is -2.55. The van der Waals surface area contributed by atoms with E-state index in [-0.39, 0.29) is 31.1 Å². The van der Waals surface area contributed by atoms with E-state index in [9.17, 15) is 14.7 Å². The molecule has 1 unspecified atom stereocenters. The molecule has 2 aromatic carbocycles. The Balaban J connectivity index is 1.48. The van der Waals surface area contributed by atoms with Gasteiger partial charge >= 0.3 is 0 Å². The predicted molar refractivity (Wildman–Crippen MR) is 162 cm³/mol. The molecule has 4 N–H and O–H groups in total. The van der Waals surface area contributed by atoms with Gasteiger partial charge < -0.3 is 30.2 Å². The van der Waals surface area contributed by atoms with Crippen molar-refractivity contribution in [3.8, 4) is 17.3 Å². The number of amides is 2. The number of ether oxygens (including phenoxy) is 1. The Bertz CT molecular complexity index is 1810. The highest BCUT2D eigenvalue weighted by Crippen LogP contribution is 2.59. The molecule has 2 amide bonds. The summed E-state index contributed by atoms with van der Waals surface area (Å²) in [7, 11) is 1.73. The van der Waals surface area contributed by atoms with Crippen LogP contribution in [0.25, 0.3) is 11.5 Å². The van der Waals surface area contributed by atoms with Crippen LogP contribution in [0, 0.1) is 5.92 Å². The van der Waals surface area contributed by atoms with Gasteiger partial charge in [-0.2, -0.15) is 0 Å². The van der Waals surface area contributed by atoms with Crippen LogP contribution in [0.1, 0.15) is 74.9 Å². The average Bonchev–Trinajstić information content (AvgIpc) is 3.79. The fourth-order valence-corrected chi connectivity index (χ4v) is 6.75. The van der Waals surface area contributed by atoms with E-state index in [0.29, 0.717) is 23.0 Å². The Morgan fingerprint density at radius 1 is 1.18 bits per heavy atom. The van der Waals surface area contributed by atoms with Gasteiger partial charge in [0.1, 0.15) is 28.8 Å². The first-order valence-corrected chi connectivity index (χ1v) is 15.3. The van der Waals surface area contributed by atoms with E-state index in [4.69, 9.17) is 14.1 Å². The number of rotatable bonds is 6. The van der Waals surface area contributed by atoms with Crippen LogP contribution >= 0.6 is 0 Å². The van der Waals surface area contributed by atoms with E-state index in [2.05, 4.69) is 31.5 Å². The zero-order chi connectivity index (χ0) is 31.7. The molecule has 7 rings (SSSR count). The molecule has 4 aromatic rings. The van der Waals surface area contributed by atoms with Gasteiger partial charge in [0.25, 0.3) is 5.91 Å². The first kappa shape index (κ1) is 29.0. The van der Waals surface area contributed by atoms with Gasteiger partial charge in [0, 0.05) is 24.7 Å². The number of carbonyl (C=O) groups excluding carboxylic acids is 2. The highest BCUT2D eigenvalue weighted by atomic mass is 16.5. The Labute approximate surface area is 259 Å².